The Morgan fingerprint density at radius 1 is 0.542 bits per heavy atom. The van der Waals surface area contributed by atoms with Gasteiger partial charge >= 0.3 is 0 Å². The van der Waals surface area contributed by atoms with Crippen molar-refractivity contribution in [2.45, 2.75) is 34.6 Å². The van der Waals surface area contributed by atoms with Crippen LogP contribution in [-0.2, 0) is 0 Å². The van der Waals surface area contributed by atoms with Crippen molar-refractivity contribution in [3.63, 3.8) is 0 Å². The van der Waals surface area contributed by atoms with Crippen molar-refractivity contribution in [2.75, 3.05) is 4.90 Å². The Kier molecular flexibility index (Phi) is 4.44. The minimum atomic E-state index is 1.20. The molecular formula is C23H25N. The summed E-state index contributed by atoms with van der Waals surface area (Å²) in [4.78, 5) is 2.37. The lowest BCUT2D eigenvalue weighted by molar-refractivity contribution is 1.20. The summed E-state index contributed by atoms with van der Waals surface area (Å²) in [7, 11) is 0. The van der Waals surface area contributed by atoms with Crippen molar-refractivity contribution in [2.24, 2.45) is 0 Å². The van der Waals surface area contributed by atoms with E-state index in [9.17, 15) is 0 Å². The Bertz CT molecular complexity index is 825. The van der Waals surface area contributed by atoms with Crippen LogP contribution < -0.4 is 4.90 Å². The quantitative estimate of drug-likeness (QED) is 0.520. The molecule has 0 aromatic heterocycles. The molecule has 3 aromatic carbocycles. The molecule has 0 heterocycles. The standard InChI is InChI=1S/C23H25N/c1-16-7-6-8-21(15-16)24(22-11-9-17(2)13-19(22)4)23-12-10-18(3)14-20(23)5/h6-15H,1-5H3. The van der Waals surface area contributed by atoms with E-state index in [4.69, 9.17) is 0 Å². The zero-order valence-corrected chi connectivity index (χ0v) is 15.2. The number of aryl methyl sites for hydroxylation is 5. The molecule has 0 radical (unpaired) electrons. The molecule has 0 aliphatic carbocycles. The number of benzene rings is 3. The molecule has 24 heavy (non-hydrogen) atoms. The third kappa shape index (κ3) is 3.21. The third-order valence-electron chi connectivity index (χ3n) is 4.45. The van der Waals surface area contributed by atoms with E-state index in [-0.39, 0.29) is 0 Å². The maximum atomic E-state index is 2.37. The fraction of sp³-hybridized carbons (Fsp3) is 0.217. The van der Waals surface area contributed by atoms with Crippen LogP contribution in [0.3, 0.4) is 0 Å². The fourth-order valence-electron chi connectivity index (χ4n) is 3.29. The van der Waals surface area contributed by atoms with Crippen LogP contribution in [0, 0.1) is 34.6 Å². The van der Waals surface area contributed by atoms with Crippen molar-refractivity contribution in [1.82, 2.24) is 0 Å². The van der Waals surface area contributed by atoms with E-state index in [1.807, 2.05) is 0 Å². The second-order valence-electron chi connectivity index (χ2n) is 6.75. The Labute approximate surface area is 145 Å². The monoisotopic (exact) mass is 315 g/mol. The summed E-state index contributed by atoms with van der Waals surface area (Å²) in [5.74, 6) is 0. The van der Waals surface area contributed by atoms with Crippen molar-refractivity contribution in [3.8, 4) is 0 Å². The molecule has 0 aliphatic rings. The highest BCUT2D eigenvalue weighted by Gasteiger charge is 2.16. The smallest absolute Gasteiger partial charge is 0.0491 e. The van der Waals surface area contributed by atoms with Crippen LogP contribution in [0.5, 0.6) is 0 Å². The van der Waals surface area contributed by atoms with Gasteiger partial charge in [-0.3, -0.25) is 0 Å². The molecule has 0 amide bonds. The average molecular weight is 315 g/mol. The van der Waals surface area contributed by atoms with Crippen molar-refractivity contribution in [1.29, 1.82) is 0 Å². The van der Waals surface area contributed by atoms with Crippen LogP contribution in [0.2, 0.25) is 0 Å². The first-order valence-electron chi connectivity index (χ1n) is 8.47. The number of hydrogen-bond donors (Lipinski definition) is 0. The van der Waals surface area contributed by atoms with Crippen molar-refractivity contribution >= 4 is 17.1 Å². The maximum Gasteiger partial charge on any atom is 0.0491 e. The predicted molar refractivity (Wildman–Crippen MR) is 105 cm³/mol. The minimum Gasteiger partial charge on any atom is -0.310 e. The second-order valence-corrected chi connectivity index (χ2v) is 6.75. The topological polar surface area (TPSA) is 3.24 Å². The first-order valence-corrected chi connectivity index (χ1v) is 8.47. The Morgan fingerprint density at radius 2 is 1.04 bits per heavy atom. The molecule has 0 fully saturated rings. The minimum absolute atomic E-state index is 1.20. The first kappa shape index (κ1) is 16.3. The Balaban J connectivity index is 2.24. The highest BCUT2D eigenvalue weighted by molar-refractivity contribution is 5.80. The van der Waals surface area contributed by atoms with E-state index in [0.29, 0.717) is 0 Å². The Morgan fingerprint density at radius 3 is 1.50 bits per heavy atom. The summed E-state index contributed by atoms with van der Waals surface area (Å²) >= 11 is 0. The summed E-state index contributed by atoms with van der Waals surface area (Å²) in [5.41, 5.74) is 10.1. The molecule has 0 saturated carbocycles. The molecule has 0 unspecified atom stereocenters. The van der Waals surface area contributed by atoms with Gasteiger partial charge in [0, 0.05) is 17.1 Å². The molecule has 122 valence electrons. The molecule has 0 atom stereocenters. The van der Waals surface area contributed by atoms with Crippen LogP contribution in [0.15, 0.2) is 60.7 Å². The van der Waals surface area contributed by atoms with E-state index in [0.717, 1.165) is 0 Å². The van der Waals surface area contributed by atoms with Gasteiger partial charge in [0.1, 0.15) is 0 Å². The largest absolute Gasteiger partial charge is 0.310 e. The summed E-state index contributed by atoms with van der Waals surface area (Å²) in [6.07, 6.45) is 0. The summed E-state index contributed by atoms with van der Waals surface area (Å²) in [6, 6.07) is 22.0. The number of anilines is 3. The van der Waals surface area contributed by atoms with E-state index >= 15 is 0 Å². The van der Waals surface area contributed by atoms with Gasteiger partial charge in [-0.05, 0) is 75.6 Å². The SMILES string of the molecule is Cc1cccc(N(c2ccc(C)cc2C)c2ccc(C)cc2C)c1. The maximum absolute atomic E-state index is 2.37. The molecule has 0 spiro atoms. The lowest BCUT2D eigenvalue weighted by Crippen LogP contribution is -2.13. The molecular weight excluding hydrogens is 290 g/mol. The lowest BCUT2D eigenvalue weighted by Gasteiger charge is -2.29. The van der Waals surface area contributed by atoms with Gasteiger partial charge in [0.25, 0.3) is 0 Å². The van der Waals surface area contributed by atoms with Gasteiger partial charge in [0.2, 0.25) is 0 Å². The van der Waals surface area contributed by atoms with Crippen LogP contribution in [-0.4, -0.2) is 0 Å². The van der Waals surface area contributed by atoms with Gasteiger partial charge in [0.05, 0.1) is 0 Å². The van der Waals surface area contributed by atoms with Gasteiger partial charge in [-0.25, -0.2) is 0 Å². The molecule has 1 heteroatoms. The normalized spacial score (nSPS) is 10.7. The zero-order valence-electron chi connectivity index (χ0n) is 15.2. The van der Waals surface area contributed by atoms with Gasteiger partial charge in [-0.15, -0.1) is 0 Å². The van der Waals surface area contributed by atoms with Gasteiger partial charge < -0.3 is 4.90 Å². The number of hydrogen-bond acceptors (Lipinski definition) is 1. The Hall–Kier alpha value is -2.54. The third-order valence-corrected chi connectivity index (χ3v) is 4.45. The molecule has 0 aliphatic heterocycles. The molecule has 1 nitrogen and oxygen atoms in total. The summed E-state index contributed by atoms with van der Waals surface area (Å²) in [6.45, 7) is 10.8. The molecule has 3 rings (SSSR count). The van der Waals surface area contributed by atoms with E-state index in [1.54, 1.807) is 0 Å². The lowest BCUT2D eigenvalue weighted by atomic mass is 10.0. The predicted octanol–water partition coefficient (Wildman–Crippen LogP) is 6.70. The number of rotatable bonds is 3. The molecule has 0 N–H and O–H groups in total. The highest BCUT2D eigenvalue weighted by atomic mass is 15.1. The van der Waals surface area contributed by atoms with Crippen LogP contribution in [0.1, 0.15) is 27.8 Å². The highest BCUT2D eigenvalue weighted by Crippen LogP contribution is 2.38. The molecule has 0 bridgehead atoms. The van der Waals surface area contributed by atoms with Crippen LogP contribution in [0.4, 0.5) is 17.1 Å². The molecule has 0 saturated heterocycles. The van der Waals surface area contributed by atoms with Crippen LogP contribution in [0.25, 0.3) is 0 Å². The van der Waals surface area contributed by atoms with Gasteiger partial charge in [0.15, 0.2) is 0 Å². The van der Waals surface area contributed by atoms with Gasteiger partial charge in [-0.1, -0.05) is 47.5 Å². The first-order chi connectivity index (χ1) is 11.5. The van der Waals surface area contributed by atoms with Gasteiger partial charge in [-0.2, -0.15) is 0 Å². The molecule has 3 aromatic rings. The fourth-order valence-corrected chi connectivity index (χ4v) is 3.29. The zero-order chi connectivity index (χ0) is 17.3. The van der Waals surface area contributed by atoms with Crippen molar-refractivity contribution in [3.05, 3.63) is 88.5 Å². The summed E-state index contributed by atoms with van der Waals surface area (Å²) in [5, 5.41) is 0. The number of nitrogens with zero attached hydrogens (tertiary/aromatic N) is 1. The van der Waals surface area contributed by atoms with E-state index in [1.165, 1.54) is 44.9 Å². The summed E-state index contributed by atoms with van der Waals surface area (Å²) < 4.78 is 0. The average Bonchev–Trinajstić information content (AvgIpc) is 2.51. The van der Waals surface area contributed by atoms with E-state index in [2.05, 4.69) is 100 Å². The van der Waals surface area contributed by atoms with Crippen molar-refractivity contribution < 1.29 is 0 Å². The second kappa shape index (κ2) is 6.52. The van der Waals surface area contributed by atoms with Crippen LogP contribution >= 0.6 is 0 Å². The van der Waals surface area contributed by atoms with E-state index < -0.39 is 0 Å².